The molecule has 41 heavy (non-hydrogen) atoms. The zero-order valence-electron chi connectivity index (χ0n) is 23.3. The van der Waals surface area contributed by atoms with E-state index in [0.29, 0.717) is 30.1 Å². The van der Waals surface area contributed by atoms with Crippen molar-refractivity contribution in [1.29, 1.82) is 0 Å². The van der Waals surface area contributed by atoms with Gasteiger partial charge in [0.05, 0.1) is 37.6 Å². The summed E-state index contributed by atoms with van der Waals surface area (Å²) in [5, 5.41) is 0. The number of hydrogen-bond donors (Lipinski definition) is 0. The van der Waals surface area contributed by atoms with Crippen molar-refractivity contribution in [1.82, 2.24) is 0 Å². The van der Waals surface area contributed by atoms with Gasteiger partial charge >= 0.3 is 11.9 Å². The molecule has 220 valence electrons. The Labute approximate surface area is 240 Å². The molecule has 3 aromatic rings. The van der Waals surface area contributed by atoms with Crippen LogP contribution in [0.2, 0.25) is 0 Å². The minimum Gasteiger partial charge on any atom is -0.468 e. The van der Waals surface area contributed by atoms with Crippen LogP contribution in [0.25, 0.3) is 0 Å². The smallest absolute Gasteiger partial charge is 0.338 e. The Balaban J connectivity index is 1.18. The van der Waals surface area contributed by atoms with Gasteiger partial charge in [-0.3, -0.25) is 0 Å². The zero-order valence-corrected chi connectivity index (χ0v) is 23.3. The van der Waals surface area contributed by atoms with E-state index in [1.807, 2.05) is 49.4 Å². The van der Waals surface area contributed by atoms with Gasteiger partial charge in [-0.25, -0.2) is 9.59 Å². The molecule has 1 unspecified atom stereocenters. The molecule has 0 aliphatic carbocycles. The lowest BCUT2D eigenvalue weighted by atomic mass is 10.1. The molecule has 0 saturated heterocycles. The van der Waals surface area contributed by atoms with Crippen molar-refractivity contribution in [2.75, 3.05) is 53.2 Å². The van der Waals surface area contributed by atoms with E-state index >= 15 is 0 Å². The first-order valence-electron chi connectivity index (χ1n) is 13.2. The van der Waals surface area contributed by atoms with Gasteiger partial charge in [0, 0.05) is 0 Å². The Morgan fingerprint density at radius 3 is 2.00 bits per heavy atom. The third kappa shape index (κ3) is 12.4. The van der Waals surface area contributed by atoms with E-state index in [1.165, 1.54) is 0 Å². The van der Waals surface area contributed by atoms with Crippen molar-refractivity contribution in [2.45, 2.75) is 20.1 Å². The second-order valence-electron chi connectivity index (χ2n) is 8.57. The van der Waals surface area contributed by atoms with Crippen LogP contribution >= 0.6 is 0 Å². The summed E-state index contributed by atoms with van der Waals surface area (Å²) in [5.41, 5.74) is 1.77. The van der Waals surface area contributed by atoms with Gasteiger partial charge in [-0.15, -0.1) is 0 Å². The Hall–Kier alpha value is -3.96. The summed E-state index contributed by atoms with van der Waals surface area (Å²) in [7, 11) is 0. The summed E-state index contributed by atoms with van der Waals surface area (Å²) >= 11 is 0. The molecule has 0 N–H and O–H groups in total. The average molecular weight is 569 g/mol. The number of hydrogen-bond acceptors (Lipinski definition) is 10. The third-order valence-electron chi connectivity index (χ3n) is 5.54. The normalized spacial score (nSPS) is 11.5. The van der Waals surface area contributed by atoms with Gasteiger partial charge in [-0.05, 0) is 61.9 Å². The fourth-order valence-electron chi connectivity index (χ4n) is 3.34. The molecule has 10 heteroatoms. The Morgan fingerprint density at radius 2 is 1.22 bits per heavy atom. The summed E-state index contributed by atoms with van der Waals surface area (Å²) in [6.07, 6.45) is -0.571. The fraction of sp³-hybridized carbons (Fsp3) is 0.355. The van der Waals surface area contributed by atoms with Crippen molar-refractivity contribution in [3.8, 4) is 11.5 Å². The summed E-state index contributed by atoms with van der Waals surface area (Å²) in [4.78, 5) is 24.3. The zero-order chi connectivity index (χ0) is 29.1. The van der Waals surface area contributed by atoms with Gasteiger partial charge in [-0.2, -0.15) is 0 Å². The lowest BCUT2D eigenvalue weighted by molar-refractivity contribution is -0.168. The van der Waals surface area contributed by atoms with Crippen LogP contribution in [0, 0.1) is 6.92 Å². The first-order chi connectivity index (χ1) is 20.0. The van der Waals surface area contributed by atoms with E-state index in [0.717, 1.165) is 11.3 Å². The molecule has 0 aromatic heterocycles. The van der Waals surface area contributed by atoms with Crippen LogP contribution in [-0.2, 0) is 28.4 Å². The molecule has 0 spiro atoms. The highest BCUT2D eigenvalue weighted by Crippen LogP contribution is 2.14. The maximum absolute atomic E-state index is 12.2. The molecule has 0 saturated carbocycles. The molecule has 1 atom stereocenters. The van der Waals surface area contributed by atoms with Crippen molar-refractivity contribution in [2.24, 2.45) is 0 Å². The fourth-order valence-corrected chi connectivity index (χ4v) is 3.34. The van der Waals surface area contributed by atoms with E-state index in [1.54, 1.807) is 43.3 Å². The van der Waals surface area contributed by atoms with Crippen LogP contribution in [0.4, 0.5) is 0 Å². The number of para-hydroxylation sites is 1. The van der Waals surface area contributed by atoms with Crippen LogP contribution in [0.1, 0.15) is 33.2 Å². The maximum Gasteiger partial charge on any atom is 0.338 e. The Kier molecular flexibility index (Phi) is 14.2. The second-order valence-corrected chi connectivity index (χ2v) is 8.57. The minimum atomic E-state index is -0.571. The summed E-state index contributed by atoms with van der Waals surface area (Å²) in [6, 6.07) is 23.1. The van der Waals surface area contributed by atoms with Gasteiger partial charge in [0.2, 0.25) is 0 Å². The highest BCUT2D eigenvalue weighted by atomic mass is 16.7. The number of rotatable bonds is 19. The van der Waals surface area contributed by atoms with Crippen molar-refractivity contribution in [3.05, 3.63) is 95.6 Å². The molecular weight excluding hydrogens is 532 g/mol. The topological polar surface area (TPSA) is 108 Å². The average Bonchev–Trinajstić information content (AvgIpc) is 2.99. The SMILES string of the molecule is Cc1ccccc1C(=O)OCCOC(C)OCOc1ccc(C(=O)OCCOCCOCOc2ccccc2)cc1. The first kappa shape index (κ1) is 31.6. The van der Waals surface area contributed by atoms with Crippen molar-refractivity contribution >= 4 is 11.9 Å². The number of esters is 2. The minimum absolute atomic E-state index is 0.0621. The highest BCUT2D eigenvalue weighted by Gasteiger charge is 2.11. The molecule has 0 fully saturated rings. The quantitative estimate of drug-likeness (QED) is 0.114. The molecule has 0 aliphatic rings. The van der Waals surface area contributed by atoms with Crippen LogP contribution in [0.5, 0.6) is 11.5 Å². The van der Waals surface area contributed by atoms with E-state index in [2.05, 4.69) is 0 Å². The van der Waals surface area contributed by atoms with E-state index in [-0.39, 0.29) is 40.0 Å². The number of aryl methyl sites for hydroxylation is 1. The Morgan fingerprint density at radius 1 is 0.610 bits per heavy atom. The molecular formula is C31H36O10. The lowest BCUT2D eigenvalue weighted by Gasteiger charge is -2.15. The molecule has 0 heterocycles. The number of benzene rings is 3. The number of carbonyl (C=O) groups is 2. The predicted molar refractivity (Wildman–Crippen MR) is 149 cm³/mol. The van der Waals surface area contributed by atoms with Crippen molar-refractivity contribution in [3.63, 3.8) is 0 Å². The number of ether oxygens (including phenoxy) is 8. The number of carbonyl (C=O) groups excluding carboxylic acids is 2. The van der Waals surface area contributed by atoms with Crippen LogP contribution in [0.15, 0.2) is 78.9 Å². The molecule has 10 nitrogen and oxygen atoms in total. The second kappa shape index (κ2) is 18.4. The molecule has 0 aliphatic heterocycles. The van der Waals surface area contributed by atoms with Crippen LogP contribution < -0.4 is 9.47 Å². The van der Waals surface area contributed by atoms with Gasteiger partial charge < -0.3 is 37.9 Å². The first-order valence-corrected chi connectivity index (χ1v) is 13.2. The summed E-state index contributed by atoms with van der Waals surface area (Å²) < 4.78 is 43.0. The summed E-state index contributed by atoms with van der Waals surface area (Å²) in [5.74, 6) is 0.394. The van der Waals surface area contributed by atoms with Crippen molar-refractivity contribution < 1.29 is 47.5 Å². The van der Waals surface area contributed by atoms with Gasteiger partial charge in [0.25, 0.3) is 0 Å². The third-order valence-corrected chi connectivity index (χ3v) is 5.54. The monoisotopic (exact) mass is 568 g/mol. The standard InChI is InChI=1S/C31H36O10/c1-24-8-6-7-11-29(24)31(33)38-21-20-36-25(2)39-23-41-28-14-12-26(13-15-28)30(32)37-19-18-34-16-17-35-22-40-27-9-4-3-5-10-27/h3-15,25H,16-23H2,1-2H3. The Bertz CT molecular complexity index is 1170. The van der Waals surface area contributed by atoms with E-state index < -0.39 is 18.2 Å². The maximum atomic E-state index is 12.2. The van der Waals surface area contributed by atoms with Gasteiger partial charge in [0.15, 0.2) is 19.9 Å². The van der Waals surface area contributed by atoms with E-state index in [4.69, 9.17) is 37.9 Å². The van der Waals surface area contributed by atoms with E-state index in [9.17, 15) is 9.59 Å². The lowest BCUT2D eigenvalue weighted by Crippen LogP contribution is -2.20. The summed E-state index contributed by atoms with van der Waals surface area (Å²) in [6.45, 7) is 5.00. The van der Waals surface area contributed by atoms with Gasteiger partial charge in [-0.1, -0.05) is 36.4 Å². The highest BCUT2D eigenvalue weighted by molar-refractivity contribution is 5.91. The molecule has 0 radical (unpaired) electrons. The molecule has 3 rings (SSSR count). The molecule has 0 bridgehead atoms. The predicted octanol–water partition coefficient (Wildman–Crippen LogP) is 4.79. The van der Waals surface area contributed by atoms with Crippen LogP contribution in [-0.4, -0.2) is 71.5 Å². The van der Waals surface area contributed by atoms with Gasteiger partial charge in [0.1, 0.15) is 24.7 Å². The molecule has 0 amide bonds. The largest absolute Gasteiger partial charge is 0.468 e. The van der Waals surface area contributed by atoms with Crippen LogP contribution in [0.3, 0.4) is 0 Å². The molecule has 3 aromatic carbocycles.